The molecule has 10 heteroatoms. The number of amides is 1. The minimum absolute atomic E-state index is 0.126. The SMILES string of the molecule is Cc1ccc(S(=O)(=O)N(CC(=O)NC(C)c2ccc(N3CCCC(C)C3)cc2)c2cccc(C(F)(F)F)c2)cc1. The lowest BCUT2D eigenvalue weighted by atomic mass is 9.99. The first kappa shape index (κ1) is 29.5. The Balaban J connectivity index is 1.55. The van der Waals surface area contributed by atoms with E-state index in [0.717, 1.165) is 58.8 Å². The zero-order valence-corrected chi connectivity index (χ0v) is 23.6. The molecular weight excluding hydrogens is 539 g/mol. The highest BCUT2D eigenvalue weighted by Gasteiger charge is 2.33. The zero-order valence-electron chi connectivity index (χ0n) is 22.8. The number of carbonyl (C=O) groups excluding carboxylic acids is 1. The van der Waals surface area contributed by atoms with E-state index in [-0.39, 0.29) is 10.6 Å². The van der Waals surface area contributed by atoms with Gasteiger partial charge in [0, 0.05) is 18.8 Å². The first-order valence-electron chi connectivity index (χ1n) is 13.3. The van der Waals surface area contributed by atoms with Crippen molar-refractivity contribution in [3.63, 3.8) is 0 Å². The maximum Gasteiger partial charge on any atom is 0.416 e. The molecule has 214 valence electrons. The molecule has 2 unspecified atom stereocenters. The zero-order chi connectivity index (χ0) is 29.1. The number of alkyl halides is 3. The molecular formula is C30H34F3N3O3S. The second-order valence-electron chi connectivity index (χ2n) is 10.4. The molecule has 2 atom stereocenters. The Hall–Kier alpha value is -3.53. The number of aryl methyl sites for hydroxylation is 1. The molecule has 1 fully saturated rings. The highest BCUT2D eigenvalue weighted by atomic mass is 32.2. The van der Waals surface area contributed by atoms with Crippen LogP contribution in [-0.4, -0.2) is 34.0 Å². The van der Waals surface area contributed by atoms with Crippen molar-refractivity contribution in [2.75, 3.05) is 28.8 Å². The van der Waals surface area contributed by atoms with Crippen LogP contribution in [0.1, 0.15) is 49.4 Å². The van der Waals surface area contributed by atoms with Crippen LogP contribution in [0.5, 0.6) is 0 Å². The molecule has 1 aliphatic heterocycles. The molecule has 1 heterocycles. The van der Waals surface area contributed by atoms with Gasteiger partial charge in [-0.25, -0.2) is 8.42 Å². The topological polar surface area (TPSA) is 69.7 Å². The number of rotatable bonds is 8. The third-order valence-electron chi connectivity index (χ3n) is 7.15. The fraction of sp³-hybridized carbons (Fsp3) is 0.367. The summed E-state index contributed by atoms with van der Waals surface area (Å²) < 4.78 is 68.2. The summed E-state index contributed by atoms with van der Waals surface area (Å²) in [6.45, 7) is 7.10. The van der Waals surface area contributed by atoms with Gasteiger partial charge in [0.05, 0.1) is 22.2 Å². The molecule has 3 aromatic carbocycles. The van der Waals surface area contributed by atoms with Gasteiger partial charge in [0.2, 0.25) is 5.91 Å². The summed E-state index contributed by atoms with van der Waals surface area (Å²) in [5.74, 6) is -0.0165. The van der Waals surface area contributed by atoms with E-state index in [1.807, 2.05) is 24.3 Å². The Kier molecular flexibility index (Phi) is 8.77. The lowest BCUT2D eigenvalue weighted by molar-refractivity contribution is -0.137. The predicted molar refractivity (Wildman–Crippen MR) is 151 cm³/mol. The molecule has 0 radical (unpaired) electrons. The molecule has 6 nitrogen and oxygen atoms in total. The number of piperidine rings is 1. The van der Waals surface area contributed by atoms with Crippen molar-refractivity contribution in [2.24, 2.45) is 5.92 Å². The molecule has 0 aliphatic carbocycles. The Morgan fingerprint density at radius 3 is 2.38 bits per heavy atom. The average Bonchev–Trinajstić information content (AvgIpc) is 2.91. The number of benzene rings is 3. The van der Waals surface area contributed by atoms with Gasteiger partial charge in [-0.15, -0.1) is 0 Å². The first-order valence-corrected chi connectivity index (χ1v) is 14.7. The number of carbonyl (C=O) groups is 1. The van der Waals surface area contributed by atoms with Crippen molar-refractivity contribution in [3.05, 3.63) is 89.5 Å². The van der Waals surface area contributed by atoms with Gasteiger partial charge < -0.3 is 10.2 Å². The third kappa shape index (κ3) is 6.96. The highest BCUT2D eigenvalue weighted by Crippen LogP contribution is 2.33. The molecule has 1 saturated heterocycles. The number of nitrogens with zero attached hydrogens (tertiary/aromatic N) is 2. The van der Waals surface area contributed by atoms with Gasteiger partial charge in [0.25, 0.3) is 10.0 Å². The van der Waals surface area contributed by atoms with E-state index in [2.05, 4.69) is 17.1 Å². The molecule has 1 aliphatic rings. The summed E-state index contributed by atoms with van der Waals surface area (Å²) >= 11 is 0. The minimum Gasteiger partial charge on any atom is -0.371 e. The summed E-state index contributed by atoms with van der Waals surface area (Å²) in [7, 11) is -4.35. The van der Waals surface area contributed by atoms with Gasteiger partial charge >= 0.3 is 6.18 Å². The standard InChI is InChI=1S/C30H34F3N3O3S/c1-21-9-15-28(16-10-21)40(38,39)36(27-8-4-7-25(18-27)30(31,32)33)20-29(37)34-23(3)24-11-13-26(14-12-24)35-17-5-6-22(2)19-35/h4,7-16,18,22-23H,5-6,17,19-20H2,1-3H3,(H,34,37). The minimum atomic E-state index is -4.68. The van der Waals surface area contributed by atoms with Crippen LogP contribution in [0.3, 0.4) is 0 Å². The second-order valence-corrected chi connectivity index (χ2v) is 12.3. The van der Waals surface area contributed by atoms with E-state index in [9.17, 15) is 26.4 Å². The monoisotopic (exact) mass is 573 g/mol. The van der Waals surface area contributed by atoms with Crippen molar-refractivity contribution >= 4 is 27.3 Å². The average molecular weight is 574 g/mol. The smallest absolute Gasteiger partial charge is 0.371 e. The van der Waals surface area contributed by atoms with Gasteiger partial charge in [-0.1, -0.05) is 42.8 Å². The molecule has 3 aromatic rings. The van der Waals surface area contributed by atoms with Gasteiger partial charge in [0.1, 0.15) is 6.54 Å². The second kappa shape index (κ2) is 11.9. The number of sulfonamides is 1. The summed E-state index contributed by atoms with van der Waals surface area (Å²) in [6, 6.07) is 17.3. The van der Waals surface area contributed by atoms with Crippen LogP contribution >= 0.6 is 0 Å². The molecule has 40 heavy (non-hydrogen) atoms. The number of hydrogen-bond donors (Lipinski definition) is 1. The van der Waals surface area contributed by atoms with Gasteiger partial charge in [0.15, 0.2) is 0 Å². The Morgan fingerprint density at radius 2 is 1.75 bits per heavy atom. The lowest BCUT2D eigenvalue weighted by Gasteiger charge is -2.33. The fourth-order valence-corrected chi connectivity index (χ4v) is 6.30. The highest BCUT2D eigenvalue weighted by molar-refractivity contribution is 7.92. The molecule has 0 aromatic heterocycles. The predicted octanol–water partition coefficient (Wildman–Crippen LogP) is 6.32. The van der Waals surface area contributed by atoms with Crippen molar-refractivity contribution in [1.29, 1.82) is 0 Å². The van der Waals surface area contributed by atoms with E-state index in [1.165, 1.54) is 24.6 Å². The van der Waals surface area contributed by atoms with Crippen LogP contribution in [0.2, 0.25) is 0 Å². The Labute approximate surface area is 233 Å². The third-order valence-corrected chi connectivity index (χ3v) is 8.94. The van der Waals surface area contributed by atoms with E-state index in [1.54, 1.807) is 26.0 Å². The van der Waals surface area contributed by atoms with E-state index in [4.69, 9.17) is 0 Å². The maximum atomic E-state index is 13.6. The molecule has 1 amide bonds. The molecule has 0 bridgehead atoms. The van der Waals surface area contributed by atoms with E-state index in [0.29, 0.717) is 5.92 Å². The van der Waals surface area contributed by atoms with Crippen LogP contribution in [-0.2, 0) is 21.0 Å². The van der Waals surface area contributed by atoms with Gasteiger partial charge in [-0.2, -0.15) is 13.2 Å². The van der Waals surface area contributed by atoms with Gasteiger partial charge in [-0.05, 0) is 80.6 Å². The first-order chi connectivity index (χ1) is 18.8. The van der Waals surface area contributed by atoms with Crippen LogP contribution < -0.4 is 14.5 Å². The summed E-state index contributed by atoms with van der Waals surface area (Å²) in [5, 5.41) is 2.80. The Morgan fingerprint density at radius 1 is 1.07 bits per heavy atom. The lowest BCUT2D eigenvalue weighted by Crippen LogP contribution is -2.41. The summed E-state index contributed by atoms with van der Waals surface area (Å²) in [6.07, 6.45) is -2.32. The van der Waals surface area contributed by atoms with Crippen LogP contribution in [0.4, 0.5) is 24.5 Å². The largest absolute Gasteiger partial charge is 0.416 e. The number of nitrogens with one attached hydrogen (secondary N) is 1. The number of anilines is 2. The molecule has 0 saturated carbocycles. The molecule has 4 rings (SSSR count). The van der Waals surface area contributed by atoms with Crippen molar-refractivity contribution in [2.45, 2.75) is 50.7 Å². The normalized spacial score (nSPS) is 16.9. The quantitative estimate of drug-likeness (QED) is 0.342. The van der Waals surface area contributed by atoms with Crippen molar-refractivity contribution < 1.29 is 26.4 Å². The number of hydrogen-bond acceptors (Lipinski definition) is 4. The van der Waals surface area contributed by atoms with Gasteiger partial charge in [-0.3, -0.25) is 9.10 Å². The Bertz CT molecular complexity index is 1430. The van der Waals surface area contributed by atoms with Crippen molar-refractivity contribution in [3.8, 4) is 0 Å². The maximum absolute atomic E-state index is 13.6. The summed E-state index contributed by atoms with van der Waals surface area (Å²) in [4.78, 5) is 15.3. The molecule has 1 N–H and O–H groups in total. The van der Waals surface area contributed by atoms with E-state index < -0.39 is 40.3 Å². The van der Waals surface area contributed by atoms with Crippen LogP contribution in [0, 0.1) is 12.8 Å². The van der Waals surface area contributed by atoms with Crippen molar-refractivity contribution in [1.82, 2.24) is 5.32 Å². The summed E-state index contributed by atoms with van der Waals surface area (Å²) in [5.41, 5.74) is 1.49. The number of halogens is 3. The molecule has 0 spiro atoms. The van der Waals surface area contributed by atoms with Crippen LogP contribution in [0.15, 0.2) is 77.7 Å². The van der Waals surface area contributed by atoms with Crippen LogP contribution in [0.25, 0.3) is 0 Å². The van der Waals surface area contributed by atoms with E-state index >= 15 is 0 Å². The fourth-order valence-electron chi connectivity index (χ4n) is 4.89.